The second-order valence-electron chi connectivity index (χ2n) is 15.7. The Hall–Kier alpha value is -1.33. The summed E-state index contributed by atoms with van der Waals surface area (Å²) in [6, 6.07) is 21.7. The molecule has 0 radical (unpaired) electrons. The van der Waals surface area contributed by atoms with Crippen LogP contribution in [-0.4, -0.2) is 58.6 Å². The Morgan fingerprint density at radius 1 is 0.844 bits per heavy atom. The summed E-state index contributed by atoms with van der Waals surface area (Å²) in [4.78, 5) is 0. The standard InChI is InChI=1S/C38H62O5Si2/c1-28(2)44(29(3)4,30(5)6)43-35-27-32(42-38(36(35)39)25-18-17-19-31(7)41-38)24-26-40-45(37(8,9)10,33-20-13-11-14-21-33)34-22-15-12-16-23-34/h11-16,20-23,28-32,35-36,39H,17-19,24-27H2,1-10H3/t31-,32-,35-,36+,38-/m1/s1. The molecule has 0 aliphatic carbocycles. The first-order valence-electron chi connectivity index (χ1n) is 17.7. The Morgan fingerprint density at radius 3 is 1.87 bits per heavy atom. The summed E-state index contributed by atoms with van der Waals surface area (Å²) >= 11 is 0. The van der Waals surface area contributed by atoms with Crippen LogP contribution in [0.4, 0.5) is 0 Å². The van der Waals surface area contributed by atoms with Gasteiger partial charge in [0.2, 0.25) is 8.32 Å². The predicted octanol–water partition coefficient (Wildman–Crippen LogP) is 8.34. The van der Waals surface area contributed by atoms with Gasteiger partial charge in [0.05, 0.1) is 18.3 Å². The van der Waals surface area contributed by atoms with Crippen LogP contribution in [0.2, 0.25) is 21.7 Å². The van der Waals surface area contributed by atoms with Gasteiger partial charge < -0.3 is 23.4 Å². The molecule has 2 fully saturated rings. The normalized spacial score (nSPS) is 27.0. The van der Waals surface area contributed by atoms with Gasteiger partial charge in [-0.1, -0.05) is 129 Å². The molecule has 2 aliphatic heterocycles. The number of hydrogen-bond acceptors (Lipinski definition) is 5. The van der Waals surface area contributed by atoms with Crippen LogP contribution in [0.15, 0.2) is 60.7 Å². The molecule has 1 N–H and O–H groups in total. The van der Waals surface area contributed by atoms with E-state index in [1.54, 1.807) is 0 Å². The highest BCUT2D eigenvalue weighted by Gasteiger charge is 2.56. The van der Waals surface area contributed by atoms with Crippen LogP contribution >= 0.6 is 0 Å². The van der Waals surface area contributed by atoms with Crippen molar-refractivity contribution < 1.29 is 23.4 Å². The lowest BCUT2D eigenvalue weighted by Crippen LogP contribution is -2.67. The van der Waals surface area contributed by atoms with Crippen molar-refractivity contribution in [2.75, 3.05) is 6.61 Å². The summed E-state index contributed by atoms with van der Waals surface area (Å²) in [5, 5.41) is 14.6. The quantitative estimate of drug-likeness (QED) is 0.247. The lowest BCUT2D eigenvalue weighted by Gasteiger charge is -2.52. The van der Waals surface area contributed by atoms with E-state index in [2.05, 4.69) is 130 Å². The molecule has 2 aromatic rings. The number of aliphatic hydroxyl groups excluding tert-OH is 1. The monoisotopic (exact) mass is 654 g/mol. The van der Waals surface area contributed by atoms with Crippen LogP contribution in [0.5, 0.6) is 0 Å². The minimum atomic E-state index is -2.67. The second kappa shape index (κ2) is 14.8. The van der Waals surface area contributed by atoms with Crippen LogP contribution in [0.3, 0.4) is 0 Å². The van der Waals surface area contributed by atoms with E-state index in [1.807, 2.05) is 0 Å². The first-order chi connectivity index (χ1) is 21.2. The summed E-state index contributed by atoms with van der Waals surface area (Å²) in [7, 11) is -4.94. The van der Waals surface area contributed by atoms with Crippen molar-refractivity contribution in [1.29, 1.82) is 0 Å². The lowest BCUT2D eigenvalue weighted by atomic mass is 9.90. The van der Waals surface area contributed by atoms with Crippen LogP contribution in [0, 0.1) is 0 Å². The molecule has 1 spiro atoms. The Balaban J connectivity index is 1.67. The Morgan fingerprint density at radius 2 is 1.38 bits per heavy atom. The zero-order valence-corrected chi connectivity index (χ0v) is 31.8. The SMILES string of the molecule is CC(C)[Si](O[C@@H]1C[C@@H](CCO[Si](c2ccccc2)(c2ccccc2)C(C)(C)C)O[C@]2(CCCC[C@@H](C)O2)[C@H]1O)(C(C)C)C(C)C. The van der Waals surface area contributed by atoms with E-state index in [-0.39, 0.29) is 23.4 Å². The maximum Gasteiger partial charge on any atom is 0.261 e. The molecule has 0 aromatic heterocycles. The summed E-state index contributed by atoms with van der Waals surface area (Å²) in [6.45, 7) is 23.5. The average molecular weight is 655 g/mol. The minimum absolute atomic E-state index is 0.0252. The van der Waals surface area contributed by atoms with Gasteiger partial charge in [0.15, 0.2) is 5.79 Å². The van der Waals surface area contributed by atoms with Gasteiger partial charge in [-0.05, 0) is 58.2 Å². The van der Waals surface area contributed by atoms with Crippen molar-refractivity contribution >= 4 is 27.0 Å². The van der Waals surface area contributed by atoms with E-state index in [0.29, 0.717) is 36.1 Å². The Kier molecular flexibility index (Phi) is 12.0. The van der Waals surface area contributed by atoms with Crippen LogP contribution < -0.4 is 10.4 Å². The number of aliphatic hydroxyl groups is 1. The van der Waals surface area contributed by atoms with Crippen molar-refractivity contribution in [3.05, 3.63) is 60.7 Å². The van der Waals surface area contributed by atoms with Gasteiger partial charge in [0, 0.05) is 19.4 Å². The first-order valence-corrected chi connectivity index (χ1v) is 21.7. The second-order valence-corrected chi connectivity index (χ2v) is 25.4. The predicted molar refractivity (Wildman–Crippen MR) is 191 cm³/mol. The summed E-state index contributed by atoms with van der Waals surface area (Å²) < 4.78 is 28.2. The number of rotatable bonds is 11. The fourth-order valence-electron chi connectivity index (χ4n) is 8.70. The summed E-state index contributed by atoms with van der Waals surface area (Å²) in [5.74, 6) is -1.05. The third-order valence-corrected chi connectivity index (χ3v) is 21.9. The van der Waals surface area contributed by atoms with E-state index < -0.39 is 28.5 Å². The molecular formula is C38H62O5Si2. The van der Waals surface area contributed by atoms with Crippen LogP contribution in [0.25, 0.3) is 0 Å². The Labute approximate surface area is 276 Å². The lowest BCUT2D eigenvalue weighted by molar-refractivity contribution is -0.350. The highest BCUT2D eigenvalue weighted by Crippen LogP contribution is 2.47. The molecule has 252 valence electrons. The molecular weight excluding hydrogens is 593 g/mol. The average Bonchev–Trinajstić information content (AvgIpc) is 3.17. The highest BCUT2D eigenvalue weighted by atomic mass is 28.4. The zero-order valence-electron chi connectivity index (χ0n) is 29.8. The molecule has 2 aromatic carbocycles. The fourth-order valence-corrected chi connectivity index (χ4v) is 18.8. The first kappa shape index (κ1) is 36.5. The number of hydrogen-bond donors (Lipinski definition) is 1. The van der Waals surface area contributed by atoms with Crippen LogP contribution in [-0.2, 0) is 18.3 Å². The number of ether oxygens (including phenoxy) is 2. The van der Waals surface area contributed by atoms with Gasteiger partial charge in [0.1, 0.15) is 6.10 Å². The van der Waals surface area contributed by atoms with Crippen molar-refractivity contribution in [2.24, 2.45) is 0 Å². The molecule has 0 amide bonds. The molecule has 5 nitrogen and oxygen atoms in total. The maximum absolute atomic E-state index is 12.1. The Bertz CT molecular complexity index is 1120. The zero-order chi connectivity index (χ0) is 33.0. The van der Waals surface area contributed by atoms with Gasteiger partial charge in [-0.2, -0.15) is 0 Å². The van der Waals surface area contributed by atoms with E-state index in [4.69, 9.17) is 18.3 Å². The topological polar surface area (TPSA) is 57.2 Å². The summed E-state index contributed by atoms with van der Waals surface area (Å²) in [5.41, 5.74) is 1.28. The summed E-state index contributed by atoms with van der Waals surface area (Å²) in [6.07, 6.45) is 3.81. The maximum atomic E-state index is 12.1. The smallest absolute Gasteiger partial charge is 0.261 e. The van der Waals surface area contributed by atoms with Gasteiger partial charge >= 0.3 is 0 Å². The molecule has 0 bridgehead atoms. The molecule has 45 heavy (non-hydrogen) atoms. The minimum Gasteiger partial charge on any atom is -0.410 e. The molecule has 2 saturated heterocycles. The number of benzene rings is 2. The molecule has 5 atom stereocenters. The largest absolute Gasteiger partial charge is 0.410 e. The van der Waals surface area contributed by atoms with E-state index in [1.165, 1.54) is 10.4 Å². The molecule has 2 aliphatic rings. The third-order valence-electron chi connectivity index (χ3n) is 10.7. The van der Waals surface area contributed by atoms with Gasteiger partial charge in [0.25, 0.3) is 8.32 Å². The molecule has 7 heteroatoms. The van der Waals surface area contributed by atoms with Crippen LogP contribution in [0.1, 0.15) is 108 Å². The van der Waals surface area contributed by atoms with E-state index >= 15 is 0 Å². The van der Waals surface area contributed by atoms with Crippen molar-refractivity contribution in [1.82, 2.24) is 0 Å². The molecule has 2 heterocycles. The van der Waals surface area contributed by atoms with Gasteiger partial charge in [-0.25, -0.2) is 0 Å². The van der Waals surface area contributed by atoms with Crippen molar-refractivity contribution in [2.45, 2.75) is 160 Å². The highest BCUT2D eigenvalue weighted by molar-refractivity contribution is 6.99. The molecule has 0 unspecified atom stereocenters. The fraction of sp³-hybridized carbons (Fsp3) is 0.684. The molecule has 4 rings (SSSR count). The third kappa shape index (κ3) is 7.40. The molecule has 0 saturated carbocycles. The van der Waals surface area contributed by atoms with E-state index in [9.17, 15) is 5.11 Å². The van der Waals surface area contributed by atoms with Gasteiger partial charge in [-0.3, -0.25) is 0 Å². The van der Waals surface area contributed by atoms with Crippen molar-refractivity contribution in [3.8, 4) is 0 Å². The van der Waals surface area contributed by atoms with E-state index in [0.717, 1.165) is 25.7 Å². The van der Waals surface area contributed by atoms with Crippen molar-refractivity contribution in [3.63, 3.8) is 0 Å². The van der Waals surface area contributed by atoms with Gasteiger partial charge in [-0.15, -0.1) is 0 Å².